The monoisotopic (exact) mass is 828 g/mol. The van der Waals surface area contributed by atoms with Crippen LogP contribution >= 0.6 is 0 Å². The normalized spacial score (nSPS) is 11.7. The quantitative estimate of drug-likeness (QED) is 0.0729. The van der Waals surface area contributed by atoms with E-state index in [1.54, 1.807) is 0 Å². The molecular weight excluding hydrogens is 819 g/mol. The topological polar surface area (TPSA) is 287 Å². The molecular formula is C27H9F9N6O15. The van der Waals surface area contributed by atoms with Gasteiger partial charge >= 0.3 is 52.7 Å². The molecule has 0 atom stereocenters. The van der Waals surface area contributed by atoms with Gasteiger partial charge in [0.05, 0.1) is 29.5 Å². The summed E-state index contributed by atoms with van der Waals surface area (Å²) in [4.78, 5) is 60.5. The van der Waals surface area contributed by atoms with E-state index in [4.69, 9.17) is 14.2 Å². The molecule has 0 unspecified atom stereocenters. The van der Waals surface area contributed by atoms with Crippen molar-refractivity contribution in [3.63, 3.8) is 0 Å². The summed E-state index contributed by atoms with van der Waals surface area (Å²) in [5, 5.41) is 70.6. The zero-order valence-electron chi connectivity index (χ0n) is 26.4. The number of nitro groups is 6. The molecule has 0 bridgehead atoms. The van der Waals surface area contributed by atoms with Gasteiger partial charge in [-0.1, -0.05) is 0 Å². The average molecular weight is 828 g/mol. The van der Waals surface area contributed by atoms with Crippen LogP contribution in [-0.4, -0.2) is 29.5 Å². The fraction of sp³-hybridized carbons (Fsp3) is 0.111. The Bertz CT molecular complexity index is 2130. The van der Waals surface area contributed by atoms with Crippen molar-refractivity contribution in [1.29, 1.82) is 0 Å². The predicted molar refractivity (Wildman–Crippen MR) is 161 cm³/mol. The SMILES string of the molecule is O=[N+]([O-])c1ccc(C(F)(F)F)c([N+](=O)[O-])c1Oc1cc(Oc2c([N+](=O)[O-])ccc(C(F)(F)F)c2[N+](=O)[O-])cc(Oc2c([N+](=O)[O-])ccc(C(F)(F)F)c2[N+](=O)[O-])c1. The molecule has 0 aliphatic carbocycles. The summed E-state index contributed by atoms with van der Waals surface area (Å²) in [6.45, 7) is 0. The average Bonchev–Trinajstić information content (AvgIpc) is 3.05. The van der Waals surface area contributed by atoms with Gasteiger partial charge in [-0.2, -0.15) is 39.5 Å². The van der Waals surface area contributed by atoms with Gasteiger partial charge < -0.3 is 14.2 Å². The van der Waals surface area contributed by atoms with Crippen molar-refractivity contribution in [2.45, 2.75) is 18.5 Å². The van der Waals surface area contributed by atoms with E-state index in [9.17, 15) is 100 Å². The summed E-state index contributed by atoms with van der Waals surface area (Å²) >= 11 is 0. The standard InChI is InChI=1S/C27H9F9N6O15/c28-25(29,30)13-1-4-16(37(43)44)22(19(13)40(49)50)55-10-7-11(56-23-17(38(45)46)5-2-14(26(31,32)33)20(23)41(51)52)9-12(8-10)57-24-18(39(47)48)6-3-15(27(34,35)36)21(24)42(53)54/h1-9H. The first kappa shape index (κ1) is 41.8. The fourth-order valence-electron chi connectivity index (χ4n) is 4.72. The van der Waals surface area contributed by atoms with E-state index in [0.29, 0.717) is 0 Å². The first-order valence-corrected chi connectivity index (χ1v) is 13.9. The lowest BCUT2D eigenvalue weighted by atomic mass is 10.1. The van der Waals surface area contributed by atoms with Gasteiger partial charge in [-0.15, -0.1) is 0 Å². The fourth-order valence-corrected chi connectivity index (χ4v) is 4.72. The molecule has 300 valence electrons. The van der Waals surface area contributed by atoms with Crippen LogP contribution in [0.15, 0.2) is 54.6 Å². The molecule has 0 fully saturated rings. The molecule has 0 aliphatic heterocycles. The highest BCUT2D eigenvalue weighted by molar-refractivity contribution is 5.69. The van der Waals surface area contributed by atoms with E-state index >= 15 is 0 Å². The molecule has 0 radical (unpaired) electrons. The number of rotatable bonds is 12. The van der Waals surface area contributed by atoms with Crippen LogP contribution in [0.5, 0.6) is 34.5 Å². The van der Waals surface area contributed by atoms with E-state index in [1.807, 2.05) is 0 Å². The smallest absolute Gasteiger partial charge is 0.423 e. The Morgan fingerprint density at radius 2 is 0.579 bits per heavy atom. The summed E-state index contributed by atoms with van der Waals surface area (Å²) in [6.07, 6.45) is -17.0. The van der Waals surface area contributed by atoms with Crippen molar-refractivity contribution < 1.29 is 83.3 Å². The van der Waals surface area contributed by atoms with E-state index in [2.05, 4.69) is 0 Å². The largest absolute Gasteiger partial charge is 0.444 e. The zero-order chi connectivity index (χ0) is 43.1. The number of nitrogens with zero attached hydrogens (tertiary/aromatic N) is 6. The maximum Gasteiger partial charge on any atom is 0.423 e. The van der Waals surface area contributed by atoms with Gasteiger partial charge in [0.1, 0.15) is 33.9 Å². The number of ether oxygens (including phenoxy) is 3. The van der Waals surface area contributed by atoms with Crippen LogP contribution in [0.1, 0.15) is 16.7 Å². The van der Waals surface area contributed by atoms with Gasteiger partial charge in [-0.05, 0) is 18.2 Å². The zero-order valence-corrected chi connectivity index (χ0v) is 26.4. The highest BCUT2D eigenvalue weighted by atomic mass is 19.4. The molecule has 0 aromatic heterocycles. The Labute approximate surface area is 302 Å². The Morgan fingerprint density at radius 1 is 0.368 bits per heavy atom. The molecule has 0 amide bonds. The van der Waals surface area contributed by atoms with Crippen LogP contribution in [0.25, 0.3) is 0 Å². The predicted octanol–water partition coefficient (Wildman–Crippen LogP) is 9.57. The Hall–Kier alpha value is -7.95. The van der Waals surface area contributed by atoms with Crippen LogP contribution in [0.3, 0.4) is 0 Å². The van der Waals surface area contributed by atoms with Crippen molar-refractivity contribution >= 4 is 34.1 Å². The minimum absolute atomic E-state index is 0.0353. The summed E-state index contributed by atoms with van der Waals surface area (Å²) in [5.41, 5.74) is -18.1. The lowest BCUT2D eigenvalue weighted by Crippen LogP contribution is -2.11. The van der Waals surface area contributed by atoms with Crippen LogP contribution < -0.4 is 14.2 Å². The maximum atomic E-state index is 13.8. The molecule has 0 saturated carbocycles. The molecule has 30 heteroatoms. The lowest BCUT2D eigenvalue weighted by molar-refractivity contribution is -0.397. The number of nitro benzene ring substituents is 6. The van der Waals surface area contributed by atoms with Crippen molar-refractivity contribution in [3.8, 4) is 34.5 Å². The van der Waals surface area contributed by atoms with Gasteiger partial charge in [0.25, 0.3) is 17.2 Å². The van der Waals surface area contributed by atoms with Crippen molar-refractivity contribution in [3.05, 3.63) is 132 Å². The van der Waals surface area contributed by atoms with E-state index in [-0.39, 0.29) is 54.6 Å². The molecule has 0 aliphatic rings. The van der Waals surface area contributed by atoms with Gasteiger partial charge in [-0.3, -0.25) is 60.7 Å². The van der Waals surface area contributed by atoms with E-state index in [0.717, 1.165) is 0 Å². The van der Waals surface area contributed by atoms with E-state index in [1.165, 1.54) is 0 Å². The summed E-state index contributed by atoms with van der Waals surface area (Å²) in [7, 11) is 0. The van der Waals surface area contributed by atoms with Gasteiger partial charge in [0, 0.05) is 36.4 Å². The molecule has 57 heavy (non-hydrogen) atoms. The summed E-state index contributed by atoms with van der Waals surface area (Å²) in [6, 6.07) is 0.226. The minimum atomic E-state index is -5.66. The van der Waals surface area contributed by atoms with Gasteiger partial charge in [0.15, 0.2) is 0 Å². The third-order valence-corrected chi connectivity index (χ3v) is 6.90. The third kappa shape index (κ3) is 8.57. The first-order valence-electron chi connectivity index (χ1n) is 13.9. The molecule has 0 spiro atoms. The van der Waals surface area contributed by atoms with E-state index < -0.39 is 133 Å². The highest BCUT2D eigenvalue weighted by Gasteiger charge is 2.47. The molecule has 21 nitrogen and oxygen atoms in total. The maximum absolute atomic E-state index is 13.8. The second-order valence-corrected chi connectivity index (χ2v) is 10.4. The van der Waals surface area contributed by atoms with Crippen LogP contribution in [0.2, 0.25) is 0 Å². The molecule has 4 aromatic carbocycles. The summed E-state index contributed by atoms with van der Waals surface area (Å²) < 4.78 is 139. The van der Waals surface area contributed by atoms with Gasteiger partial charge in [0.2, 0.25) is 0 Å². The minimum Gasteiger partial charge on any atom is -0.444 e. The van der Waals surface area contributed by atoms with Crippen LogP contribution in [-0.2, 0) is 18.5 Å². The second kappa shape index (κ2) is 14.7. The molecule has 4 rings (SSSR count). The van der Waals surface area contributed by atoms with Crippen molar-refractivity contribution in [2.75, 3.05) is 0 Å². The Kier molecular flexibility index (Phi) is 10.8. The molecule has 0 N–H and O–H groups in total. The third-order valence-electron chi connectivity index (χ3n) is 6.90. The molecule has 0 heterocycles. The number of hydrogen-bond acceptors (Lipinski definition) is 15. The summed E-state index contributed by atoms with van der Waals surface area (Å²) in [5.74, 6) is -9.92. The van der Waals surface area contributed by atoms with Crippen molar-refractivity contribution in [2.24, 2.45) is 0 Å². The first-order chi connectivity index (χ1) is 26.1. The number of benzene rings is 4. The highest BCUT2D eigenvalue weighted by Crippen LogP contribution is 2.52. The molecule has 0 saturated heterocycles. The Balaban J connectivity index is 2.14. The second-order valence-electron chi connectivity index (χ2n) is 10.4. The van der Waals surface area contributed by atoms with Crippen LogP contribution in [0, 0.1) is 60.7 Å². The molecule has 4 aromatic rings. The lowest BCUT2D eigenvalue weighted by Gasteiger charge is -2.16. The van der Waals surface area contributed by atoms with Gasteiger partial charge in [-0.25, -0.2) is 0 Å². The number of hydrogen-bond donors (Lipinski definition) is 0. The number of halogens is 9. The van der Waals surface area contributed by atoms with Crippen LogP contribution in [0.4, 0.5) is 73.6 Å². The van der Waals surface area contributed by atoms with Crippen molar-refractivity contribution in [1.82, 2.24) is 0 Å². The Morgan fingerprint density at radius 3 is 0.737 bits per heavy atom. The number of alkyl halides is 9.